The van der Waals surface area contributed by atoms with E-state index in [4.69, 9.17) is 10.8 Å². The standard InChI is InChI=1S/C11H18N6O2/c1-16(2-3-18)4-8(19)5-17-7-15-9-10(12)13-6-14-11(9)17/h6-8,18-19H,2-5H2,1H3,(H2,12,13,14)/t8-/m1/s1. The molecule has 0 aliphatic heterocycles. The van der Waals surface area contributed by atoms with Crippen LogP contribution in [0.5, 0.6) is 0 Å². The Morgan fingerprint density at radius 3 is 2.95 bits per heavy atom. The largest absolute Gasteiger partial charge is 0.395 e. The molecule has 0 unspecified atom stereocenters. The van der Waals surface area contributed by atoms with Crippen LogP contribution < -0.4 is 5.73 Å². The fourth-order valence-electron chi connectivity index (χ4n) is 1.94. The van der Waals surface area contributed by atoms with Crippen LogP contribution in [-0.2, 0) is 6.54 Å². The zero-order chi connectivity index (χ0) is 13.8. The SMILES string of the molecule is CN(CCO)C[C@@H](O)Cn1cnc2c(N)ncnc21. The number of aliphatic hydroxyl groups is 2. The summed E-state index contributed by atoms with van der Waals surface area (Å²) in [7, 11) is 1.84. The number of aliphatic hydroxyl groups excluding tert-OH is 2. The van der Waals surface area contributed by atoms with Crippen LogP contribution in [0.3, 0.4) is 0 Å². The molecule has 0 aliphatic rings. The molecule has 19 heavy (non-hydrogen) atoms. The summed E-state index contributed by atoms with van der Waals surface area (Å²) >= 11 is 0. The van der Waals surface area contributed by atoms with Gasteiger partial charge in [0.25, 0.3) is 0 Å². The van der Waals surface area contributed by atoms with E-state index in [9.17, 15) is 5.11 Å². The molecule has 104 valence electrons. The highest BCUT2D eigenvalue weighted by atomic mass is 16.3. The smallest absolute Gasteiger partial charge is 0.165 e. The Labute approximate surface area is 110 Å². The van der Waals surface area contributed by atoms with Gasteiger partial charge in [0.15, 0.2) is 11.5 Å². The van der Waals surface area contributed by atoms with Crippen molar-refractivity contribution in [3.8, 4) is 0 Å². The molecule has 0 amide bonds. The number of hydrogen-bond acceptors (Lipinski definition) is 7. The summed E-state index contributed by atoms with van der Waals surface area (Å²) in [6, 6.07) is 0. The number of imidazole rings is 1. The number of nitrogen functional groups attached to an aromatic ring is 1. The molecule has 0 radical (unpaired) electrons. The van der Waals surface area contributed by atoms with Crippen LogP contribution in [0.2, 0.25) is 0 Å². The summed E-state index contributed by atoms with van der Waals surface area (Å²) in [6.45, 7) is 1.42. The molecule has 4 N–H and O–H groups in total. The average Bonchev–Trinajstić information content (AvgIpc) is 2.74. The van der Waals surface area contributed by atoms with Crippen LogP contribution in [-0.4, -0.2) is 67.5 Å². The first-order chi connectivity index (χ1) is 9.11. The maximum atomic E-state index is 10.0. The van der Waals surface area contributed by atoms with Gasteiger partial charge in [-0.05, 0) is 7.05 Å². The highest BCUT2D eigenvalue weighted by Crippen LogP contribution is 2.14. The minimum absolute atomic E-state index is 0.0704. The number of likely N-dealkylation sites (N-methyl/N-ethyl adjacent to an activating group) is 1. The molecule has 8 nitrogen and oxygen atoms in total. The Morgan fingerprint density at radius 1 is 1.42 bits per heavy atom. The molecule has 8 heteroatoms. The summed E-state index contributed by atoms with van der Waals surface area (Å²) in [4.78, 5) is 14.0. The summed E-state index contributed by atoms with van der Waals surface area (Å²) < 4.78 is 1.74. The molecule has 0 aliphatic carbocycles. The van der Waals surface area contributed by atoms with Crippen molar-refractivity contribution in [3.63, 3.8) is 0 Å². The van der Waals surface area contributed by atoms with Crippen molar-refractivity contribution in [1.82, 2.24) is 24.4 Å². The van der Waals surface area contributed by atoms with Gasteiger partial charge in [0, 0.05) is 13.1 Å². The van der Waals surface area contributed by atoms with Gasteiger partial charge in [-0.25, -0.2) is 15.0 Å². The Balaban J connectivity index is 2.07. The molecular formula is C11H18N6O2. The second kappa shape index (κ2) is 5.91. The second-order valence-electron chi connectivity index (χ2n) is 4.47. The molecule has 0 saturated carbocycles. The van der Waals surface area contributed by atoms with Gasteiger partial charge < -0.3 is 25.4 Å². The molecule has 0 bridgehead atoms. The van der Waals surface area contributed by atoms with Crippen LogP contribution >= 0.6 is 0 Å². The number of nitrogens with zero attached hydrogens (tertiary/aromatic N) is 5. The Bertz CT molecular complexity index is 543. The molecule has 2 aromatic rings. The third-order valence-electron chi connectivity index (χ3n) is 2.84. The van der Waals surface area contributed by atoms with E-state index in [0.29, 0.717) is 36.6 Å². The highest BCUT2D eigenvalue weighted by Gasteiger charge is 2.13. The van der Waals surface area contributed by atoms with E-state index in [1.807, 2.05) is 11.9 Å². The molecule has 1 atom stereocenters. The molecule has 0 fully saturated rings. The van der Waals surface area contributed by atoms with E-state index in [0.717, 1.165) is 0 Å². The van der Waals surface area contributed by atoms with Crippen molar-refractivity contribution in [1.29, 1.82) is 0 Å². The van der Waals surface area contributed by atoms with Crippen molar-refractivity contribution in [3.05, 3.63) is 12.7 Å². The van der Waals surface area contributed by atoms with Crippen molar-refractivity contribution < 1.29 is 10.2 Å². The normalized spacial score (nSPS) is 13.3. The maximum Gasteiger partial charge on any atom is 0.165 e. The van der Waals surface area contributed by atoms with Gasteiger partial charge in [-0.15, -0.1) is 0 Å². The van der Waals surface area contributed by atoms with Crippen molar-refractivity contribution in [2.75, 3.05) is 32.5 Å². The van der Waals surface area contributed by atoms with Gasteiger partial charge in [-0.2, -0.15) is 0 Å². The molecule has 0 aromatic carbocycles. The Hall–Kier alpha value is -1.77. The van der Waals surface area contributed by atoms with Gasteiger partial charge in [0.1, 0.15) is 11.8 Å². The van der Waals surface area contributed by atoms with Crippen molar-refractivity contribution >= 4 is 17.0 Å². The number of anilines is 1. The molecule has 2 rings (SSSR count). The lowest BCUT2D eigenvalue weighted by atomic mass is 10.3. The molecular weight excluding hydrogens is 248 g/mol. The van der Waals surface area contributed by atoms with Crippen LogP contribution in [0.15, 0.2) is 12.7 Å². The molecule has 2 aromatic heterocycles. The minimum Gasteiger partial charge on any atom is -0.395 e. The predicted molar refractivity (Wildman–Crippen MR) is 70.3 cm³/mol. The topological polar surface area (TPSA) is 113 Å². The first kappa shape index (κ1) is 13.7. The lowest BCUT2D eigenvalue weighted by Gasteiger charge is -2.19. The van der Waals surface area contributed by atoms with E-state index in [1.165, 1.54) is 6.33 Å². The van der Waals surface area contributed by atoms with Crippen LogP contribution in [0.25, 0.3) is 11.2 Å². The maximum absolute atomic E-state index is 10.0. The summed E-state index contributed by atoms with van der Waals surface area (Å²) in [5, 5.41) is 18.8. The number of nitrogens with two attached hydrogens (primary N) is 1. The summed E-state index contributed by atoms with van der Waals surface area (Å²) in [5.74, 6) is 0.329. The van der Waals surface area contributed by atoms with Gasteiger partial charge in [0.2, 0.25) is 0 Å². The van der Waals surface area contributed by atoms with E-state index in [2.05, 4.69) is 15.0 Å². The highest BCUT2D eigenvalue weighted by molar-refractivity contribution is 5.81. The van der Waals surface area contributed by atoms with Gasteiger partial charge >= 0.3 is 0 Å². The lowest BCUT2D eigenvalue weighted by molar-refractivity contribution is 0.101. The second-order valence-corrected chi connectivity index (χ2v) is 4.47. The average molecular weight is 266 g/mol. The van der Waals surface area contributed by atoms with Crippen LogP contribution in [0.1, 0.15) is 0 Å². The quantitative estimate of drug-likeness (QED) is 0.595. The van der Waals surface area contributed by atoms with Crippen molar-refractivity contribution in [2.24, 2.45) is 0 Å². The molecule has 2 heterocycles. The monoisotopic (exact) mass is 266 g/mol. The lowest BCUT2D eigenvalue weighted by Crippen LogP contribution is -2.33. The Morgan fingerprint density at radius 2 is 2.21 bits per heavy atom. The first-order valence-electron chi connectivity index (χ1n) is 6.00. The third-order valence-corrected chi connectivity index (χ3v) is 2.84. The first-order valence-corrected chi connectivity index (χ1v) is 6.00. The van der Waals surface area contributed by atoms with Crippen molar-refractivity contribution in [2.45, 2.75) is 12.6 Å². The van der Waals surface area contributed by atoms with E-state index in [-0.39, 0.29) is 6.61 Å². The number of rotatable bonds is 6. The predicted octanol–water partition coefficient (Wildman–Crippen LogP) is -1.31. The zero-order valence-corrected chi connectivity index (χ0v) is 10.8. The van der Waals surface area contributed by atoms with Gasteiger partial charge in [-0.3, -0.25) is 0 Å². The van der Waals surface area contributed by atoms with Gasteiger partial charge in [-0.1, -0.05) is 0 Å². The van der Waals surface area contributed by atoms with E-state index < -0.39 is 6.10 Å². The molecule has 0 spiro atoms. The summed E-state index contributed by atoms with van der Waals surface area (Å²) in [6.07, 6.45) is 2.38. The fraction of sp³-hybridized carbons (Fsp3) is 0.545. The zero-order valence-electron chi connectivity index (χ0n) is 10.8. The molecule has 0 saturated heterocycles. The van der Waals surface area contributed by atoms with Crippen LogP contribution in [0.4, 0.5) is 5.82 Å². The number of fused-ring (bicyclic) bond motifs is 1. The third kappa shape index (κ3) is 3.16. The van der Waals surface area contributed by atoms with E-state index in [1.54, 1.807) is 10.9 Å². The van der Waals surface area contributed by atoms with E-state index >= 15 is 0 Å². The fourth-order valence-corrected chi connectivity index (χ4v) is 1.94. The Kier molecular flexibility index (Phi) is 4.25. The van der Waals surface area contributed by atoms with Gasteiger partial charge in [0.05, 0.1) is 25.6 Å². The van der Waals surface area contributed by atoms with Crippen LogP contribution in [0, 0.1) is 0 Å². The minimum atomic E-state index is -0.579. The number of hydrogen-bond donors (Lipinski definition) is 3. The summed E-state index contributed by atoms with van der Waals surface area (Å²) in [5.41, 5.74) is 6.84. The number of aromatic nitrogens is 4.